The van der Waals surface area contributed by atoms with Crippen LogP contribution in [-0.2, 0) is 14.9 Å². The molecule has 24 heavy (non-hydrogen) atoms. The Morgan fingerprint density at radius 1 is 1.42 bits per heavy atom. The minimum Gasteiger partial charge on any atom is -0.481 e. The van der Waals surface area contributed by atoms with Gasteiger partial charge in [-0.25, -0.2) is 4.98 Å². The minimum absolute atomic E-state index is 0.517. The molecule has 2 heterocycles. The highest BCUT2D eigenvalue weighted by atomic mass is 16.5. The van der Waals surface area contributed by atoms with Crippen LogP contribution in [-0.4, -0.2) is 79.4 Å². The van der Waals surface area contributed by atoms with Gasteiger partial charge in [-0.05, 0) is 27.9 Å². The van der Waals surface area contributed by atoms with Gasteiger partial charge >= 0.3 is 5.97 Å². The number of carboxylic acid groups (broad SMARTS) is 1. The van der Waals surface area contributed by atoms with E-state index in [1.54, 1.807) is 20.0 Å². The standard InChI is InChI=1S/C16H27N5O3/c1-16(2,14(22)23)12-11-18-15(17-5-6-20(3)4)19-13(12)21-7-9-24-10-8-21/h11H,5-10H2,1-4H3,(H,22,23)(H,17,18,19). The van der Waals surface area contributed by atoms with Gasteiger partial charge in [0.05, 0.1) is 18.6 Å². The second kappa shape index (κ2) is 7.76. The third-order valence-corrected chi connectivity index (χ3v) is 4.13. The molecule has 0 radical (unpaired) electrons. The summed E-state index contributed by atoms with van der Waals surface area (Å²) in [5.74, 6) is 0.297. The lowest BCUT2D eigenvalue weighted by atomic mass is 9.85. The van der Waals surface area contributed by atoms with Crippen LogP contribution in [0, 0.1) is 0 Å². The maximum Gasteiger partial charge on any atom is 0.313 e. The molecule has 2 N–H and O–H groups in total. The summed E-state index contributed by atoms with van der Waals surface area (Å²) in [6, 6.07) is 0. The number of nitrogens with zero attached hydrogens (tertiary/aromatic N) is 4. The zero-order chi connectivity index (χ0) is 17.7. The summed E-state index contributed by atoms with van der Waals surface area (Å²) in [5.41, 5.74) is -0.439. The van der Waals surface area contributed by atoms with E-state index in [1.165, 1.54) is 0 Å². The van der Waals surface area contributed by atoms with Crippen molar-refractivity contribution in [2.45, 2.75) is 19.3 Å². The van der Waals surface area contributed by atoms with Gasteiger partial charge in [0, 0.05) is 37.9 Å². The van der Waals surface area contributed by atoms with Crippen molar-refractivity contribution in [3.05, 3.63) is 11.8 Å². The van der Waals surface area contributed by atoms with E-state index in [4.69, 9.17) is 4.74 Å². The van der Waals surface area contributed by atoms with E-state index < -0.39 is 11.4 Å². The molecule has 1 aromatic rings. The number of aliphatic carboxylic acids is 1. The smallest absolute Gasteiger partial charge is 0.313 e. The molecule has 0 spiro atoms. The normalized spacial score (nSPS) is 15.6. The number of likely N-dealkylation sites (N-methyl/N-ethyl adjacent to an activating group) is 1. The Morgan fingerprint density at radius 3 is 2.67 bits per heavy atom. The topological polar surface area (TPSA) is 90.8 Å². The average Bonchev–Trinajstić information content (AvgIpc) is 2.55. The lowest BCUT2D eigenvalue weighted by Gasteiger charge is -2.32. The maximum atomic E-state index is 11.7. The first kappa shape index (κ1) is 18.4. The van der Waals surface area contributed by atoms with Gasteiger partial charge in [-0.2, -0.15) is 4.98 Å². The van der Waals surface area contributed by atoms with Gasteiger partial charge in [-0.1, -0.05) is 0 Å². The van der Waals surface area contributed by atoms with Gasteiger partial charge in [0.15, 0.2) is 0 Å². The van der Waals surface area contributed by atoms with Crippen molar-refractivity contribution in [2.24, 2.45) is 0 Å². The molecule has 1 aromatic heterocycles. The maximum absolute atomic E-state index is 11.7. The summed E-state index contributed by atoms with van der Waals surface area (Å²) in [5, 5.41) is 12.8. The van der Waals surface area contributed by atoms with E-state index in [-0.39, 0.29) is 0 Å². The molecule has 0 aromatic carbocycles. The fourth-order valence-electron chi connectivity index (χ4n) is 2.42. The molecule has 1 aliphatic rings. The van der Waals surface area contributed by atoms with Gasteiger partial charge in [-0.3, -0.25) is 4.79 Å². The third-order valence-electron chi connectivity index (χ3n) is 4.13. The lowest BCUT2D eigenvalue weighted by Crippen LogP contribution is -2.40. The number of hydrogen-bond donors (Lipinski definition) is 2. The van der Waals surface area contributed by atoms with Gasteiger partial charge in [0.1, 0.15) is 5.82 Å². The van der Waals surface area contributed by atoms with Crippen molar-refractivity contribution < 1.29 is 14.6 Å². The van der Waals surface area contributed by atoms with Crippen molar-refractivity contribution in [2.75, 3.05) is 63.7 Å². The largest absolute Gasteiger partial charge is 0.481 e. The van der Waals surface area contributed by atoms with E-state index in [1.807, 2.05) is 14.1 Å². The molecular weight excluding hydrogens is 310 g/mol. The molecule has 8 nitrogen and oxygen atoms in total. The summed E-state index contributed by atoms with van der Waals surface area (Å²) >= 11 is 0. The SMILES string of the molecule is CN(C)CCNc1ncc(C(C)(C)C(=O)O)c(N2CCOCC2)n1. The van der Waals surface area contributed by atoms with Gasteiger partial charge in [0.25, 0.3) is 0 Å². The number of carbonyl (C=O) groups is 1. The van der Waals surface area contributed by atoms with Crippen molar-refractivity contribution in [3.63, 3.8) is 0 Å². The van der Waals surface area contributed by atoms with Gasteiger partial charge < -0.3 is 25.0 Å². The summed E-state index contributed by atoms with van der Waals surface area (Å²) in [6.07, 6.45) is 1.63. The molecule has 0 unspecified atom stereocenters. The third kappa shape index (κ3) is 4.33. The molecule has 1 aliphatic heterocycles. The average molecular weight is 337 g/mol. The summed E-state index contributed by atoms with van der Waals surface area (Å²) < 4.78 is 5.39. The van der Waals surface area contributed by atoms with Crippen molar-refractivity contribution in [1.29, 1.82) is 0 Å². The molecule has 1 saturated heterocycles. The van der Waals surface area contributed by atoms with Crippen molar-refractivity contribution in [1.82, 2.24) is 14.9 Å². The monoisotopic (exact) mass is 337 g/mol. The van der Waals surface area contributed by atoms with E-state index >= 15 is 0 Å². The van der Waals surface area contributed by atoms with Crippen LogP contribution < -0.4 is 10.2 Å². The highest BCUT2D eigenvalue weighted by molar-refractivity contribution is 5.82. The molecular formula is C16H27N5O3. The van der Waals surface area contributed by atoms with E-state index in [2.05, 4.69) is 25.1 Å². The number of morpholine rings is 1. The first-order valence-corrected chi connectivity index (χ1v) is 8.14. The number of carboxylic acids is 1. The predicted octanol–water partition coefficient (Wildman–Crippen LogP) is 0.649. The molecule has 0 aliphatic carbocycles. The predicted molar refractivity (Wildman–Crippen MR) is 92.8 cm³/mol. The Hall–Kier alpha value is -1.93. The molecule has 0 atom stereocenters. The lowest BCUT2D eigenvalue weighted by molar-refractivity contribution is -0.142. The number of anilines is 2. The van der Waals surface area contributed by atoms with Gasteiger partial charge in [0.2, 0.25) is 5.95 Å². The first-order valence-electron chi connectivity index (χ1n) is 8.14. The zero-order valence-electron chi connectivity index (χ0n) is 14.9. The minimum atomic E-state index is -1.06. The molecule has 1 fully saturated rings. The fraction of sp³-hybridized carbons (Fsp3) is 0.688. The van der Waals surface area contributed by atoms with Crippen LogP contribution in [0.1, 0.15) is 19.4 Å². The van der Waals surface area contributed by atoms with Crippen LogP contribution in [0.3, 0.4) is 0 Å². The quantitative estimate of drug-likeness (QED) is 0.749. The molecule has 134 valence electrons. The van der Waals surface area contributed by atoms with Gasteiger partial charge in [-0.15, -0.1) is 0 Å². The molecule has 2 rings (SSSR count). The van der Waals surface area contributed by atoms with Crippen LogP contribution in [0.2, 0.25) is 0 Å². The second-order valence-corrected chi connectivity index (χ2v) is 6.69. The summed E-state index contributed by atoms with van der Waals surface area (Å²) in [6.45, 7) is 7.54. The molecule has 0 saturated carbocycles. The Bertz CT molecular complexity index is 571. The number of hydrogen-bond acceptors (Lipinski definition) is 7. The van der Waals surface area contributed by atoms with Crippen LogP contribution >= 0.6 is 0 Å². The molecule has 0 bridgehead atoms. The van der Waals surface area contributed by atoms with Crippen LogP contribution in [0.4, 0.5) is 11.8 Å². The first-order chi connectivity index (χ1) is 11.3. The van der Waals surface area contributed by atoms with E-state index in [0.717, 1.165) is 13.1 Å². The number of rotatable bonds is 7. The molecule has 8 heteroatoms. The number of aromatic nitrogens is 2. The second-order valence-electron chi connectivity index (χ2n) is 6.69. The molecule has 0 amide bonds. The van der Waals surface area contributed by atoms with E-state index in [9.17, 15) is 9.90 Å². The number of nitrogens with one attached hydrogen (secondary N) is 1. The zero-order valence-corrected chi connectivity index (χ0v) is 14.9. The summed E-state index contributed by atoms with van der Waals surface area (Å²) in [4.78, 5) is 24.7. The number of ether oxygens (including phenoxy) is 1. The Labute approximate surface area is 142 Å². The van der Waals surface area contributed by atoms with Crippen LogP contribution in [0.25, 0.3) is 0 Å². The van der Waals surface area contributed by atoms with Crippen molar-refractivity contribution in [3.8, 4) is 0 Å². The Balaban J connectivity index is 2.30. The Kier molecular flexibility index (Phi) is 5.95. The highest BCUT2D eigenvalue weighted by Crippen LogP contribution is 2.32. The van der Waals surface area contributed by atoms with Crippen LogP contribution in [0.5, 0.6) is 0 Å². The fourth-order valence-corrected chi connectivity index (χ4v) is 2.42. The van der Waals surface area contributed by atoms with Crippen molar-refractivity contribution >= 4 is 17.7 Å². The highest BCUT2D eigenvalue weighted by Gasteiger charge is 2.35. The van der Waals surface area contributed by atoms with Crippen LogP contribution in [0.15, 0.2) is 6.20 Å². The summed E-state index contributed by atoms with van der Waals surface area (Å²) in [7, 11) is 4.00. The van der Waals surface area contributed by atoms with E-state index in [0.29, 0.717) is 43.6 Å². The Morgan fingerprint density at radius 2 is 2.08 bits per heavy atom.